The van der Waals surface area contributed by atoms with E-state index in [0.717, 1.165) is 5.56 Å². The van der Waals surface area contributed by atoms with Crippen molar-refractivity contribution in [1.29, 1.82) is 0 Å². The molecule has 0 aliphatic carbocycles. The summed E-state index contributed by atoms with van der Waals surface area (Å²) in [5, 5.41) is 3.40. The molecule has 3 amide bonds. The zero-order valence-corrected chi connectivity index (χ0v) is 24.9. The normalized spacial score (nSPS) is 13.7. The molecule has 1 aliphatic heterocycles. The fraction of sp³-hybridized carbons (Fsp3) is 0.324. The highest BCUT2D eigenvalue weighted by Crippen LogP contribution is 2.25. The Morgan fingerprint density at radius 3 is 2.16 bits per heavy atom. The number of alkyl carbamates (subject to hydrolysis) is 1. The second kappa shape index (κ2) is 12.2. The van der Waals surface area contributed by atoms with Crippen LogP contribution in [0, 0.1) is 0 Å². The molecule has 4 aromatic rings. The molecule has 0 unspecified atom stereocenters. The van der Waals surface area contributed by atoms with E-state index in [0.29, 0.717) is 65.8 Å². The Morgan fingerprint density at radius 1 is 0.884 bits per heavy atom. The summed E-state index contributed by atoms with van der Waals surface area (Å²) in [7, 11) is 0. The number of carbonyl (C=O) groups excluding carboxylic acids is 3. The van der Waals surface area contributed by atoms with Crippen molar-refractivity contribution in [2.75, 3.05) is 6.54 Å². The molecule has 1 aliphatic rings. The lowest BCUT2D eigenvalue weighted by Gasteiger charge is -2.25. The van der Waals surface area contributed by atoms with E-state index in [4.69, 9.17) is 9.72 Å². The fourth-order valence-corrected chi connectivity index (χ4v) is 5.41. The zero-order valence-electron chi connectivity index (χ0n) is 24.9. The van der Waals surface area contributed by atoms with Crippen molar-refractivity contribution in [1.82, 2.24) is 19.8 Å². The highest BCUT2D eigenvalue weighted by Gasteiger charge is 2.34. The van der Waals surface area contributed by atoms with E-state index in [-0.39, 0.29) is 17.4 Å². The van der Waals surface area contributed by atoms with Crippen LogP contribution in [0.5, 0.6) is 0 Å². The van der Waals surface area contributed by atoms with Crippen LogP contribution in [-0.4, -0.2) is 44.5 Å². The number of hydrogen-bond donors (Lipinski definition) is 1. The molecule has 2 heterocycles. The van der Waals surface area contributed by atoms with Gasteiger partial charge in [-0.15, -0.1) is 0 Å². The van der Waals surface area contributed by atoms with Crippen molar-refractivity contribution >= 4 is 28.8 Å². The Bertz CT molecular complexity index is 1700. The number of hydrogen-bond acceptors (Lipinski definition) is 6. The maximum absolute atomic E-state index is 14.2. The lowest BCUT2D eigenvalue weighted by atomic mass is 10.0. The van der Waals surface area contributed by atoms with E-state index in [1.807, 2.05) is 49.4 Å². The number of carbonyl (C=O) groups is 3. The highest BCUT2D eigenvalue weighted by atomic mass is 16.6. The number of fused-ring (bicyclic) bond motifs is 2. The third-order valence-corrected chi connectivity index (χ3v) is 7.39. The average molecular weight is 581 g/mol. The lowest BCUT2D eigenvalue weighted by Crippen LogP contribution is -2.37. The van der Waals surface area contributed by atoms with E-state index in [2.05, 4.69) is 5.32 Å². The van der Waals surface area contributed by atoms with Gasteiger partial charge in [0.15, 0.2) is 0 Å². The Labute approximate surface area is 250 Å². The maximum Gasteiger partial charge on any atom is 0.408 e. The minimum absolute atomic E-state index is 0.230. The molecule has 9 heteroatoms. The summed E-state index contributed by atoms with van der Waals surface area (Å²) in [5.74, 6) is -0.114. The van der Waals surface area contributed by atoms with Crippen molar-refractivity contribution in [3.63, 3.8) is 0 Å². The molecule has 9 nitrogen and oxygen atoms in total. The van der Waals surface area contributed by atoms with E-state index in [1.54, 1.807) is 55.7 Å². The number of para-hydroxylation sites is 1. The molecule has 3 aromatic carbocycles. The van der Waals surface area contributed by atoms with Crippen LogP contribution >= 0.6 is 0 Å². The second-order valence-corrected chi connectivity index (χ2v) is 11.6. The third-order valence-electron chi connectivity index (χ3n) is 7.39. The number of aromatic nitrogens is 2. The number of nitrogens with zero attached hydrogens (tertiary/aromatic N) is 3. The van der Waals surface area contributed by atoms with Crippen LogP contribution in [0.4, 0.5) is 4.79 Å². The van der Waals surface area contributed by atoms with Gasteiger partial charge < -0.3 is 10.1 Å². The van der Waals surface area contributed by atoms with Crippen molar-refractivity contribution in [3.8, 4) is 5.69 Å². The van der Waals surface area contributed by atoms with Crippen LogP contribution in [0.1, 0.15) is 85.1 Å². The number of nitrogens with one attached hydrogen (secondary N) is 1. The summed E-state index contributed by atoms with van der Waals surface area (Å²) in [4.78, 5) is 58.6. The van der Waals surface area contributed by atoms with E-state index in [9.17, 15) is 19.2 Å². The van der Waals surface area contributed by atoms with Gasteiger partial charge in [-0.05, 0) is 82.3 Å². The molecule has 222 valence electrons. The number of ether oxygens (including phenoxy) is 1. The van der Waals surface area contributed by atoms with Gasteiger partial charge in [0.05, 0.1) is 33.8 Å². The van der Waals surface area contributed by atoms with Gasteiger partial charge in [-0.25, -0.2) is 9.78 Å². The largest absolute Gasteiger partial charge is 0.444 e. The fourth-order valence-electron chi connectivity index (χ4n) is 5.41. The van der Waals surface area contributed by atoms with Gasteiger partial charge in [0.25, 0.3) is 17.4 Å². The number of aryl methyl sites for hydroxylation is 1. The number of unbranched alkanes of at least 4 members (excludes halogenated alkanes) is 1. The van der Waals surface area contributed by atoms with Crippen LogP contribution in [0.15, 0.2) is 77.6 Å². The van der Waals surface area contributed by atoms with Crippen LogP contribution in [0.3, 0.4) is 0 Å². The maximum atomic E-state index is 14.2. The van der Waals surface area contributed by atoms with E-state index < -0.39 is 17.7 Å². The summed E-state index contributed by atoms with van der Waals surface area (Å²) in [6.07, 6.45) is 1.73. The molecular weight excluding hydrogens is 544 g/mol. The van der Waals surface area contributed by atoms with Gasteiger partial charge in [-0.1, -0.05) is 49.4 Å². The van der Waals surface area contributed by atoms with Crippen molar-refractivity contribution < 1.29 is 19.1 Å². The summed E-state index contributed by atoms with van der Waals surface area (Å²) < 4.78 is 7.05. The summed E-state index contributed by atoms with van der Waals surface area (Å²) >= 11 is 0. The Balaban J connectivity index is 1.43. The number of rotatable bonds is 9. The SMILES string of the molecule is CC[C@H](NC(=O)OC(C)(C)C)c1nc2cccc(CCCCN3C(=O)c4ccccc4C3=O)c2c(=O)n1-c1ccccc1. The van der Waals surface area contributed by atoms with Crippen molar-refractivity contribution in [2.24, 2.45) is 0 Å². The molecule has 0 saturated carbocycles. The van der Waals surface area contributed by atoms with E-state index >= 15 is 0 Å². The number of imide groups is 1. The zero-order chi connectivity index (χ0) is 30.7. The first kappa shape index (κ1) is 29.7. The Morgan fingerprint density at radius 2 is 1.53 bits per heavy atom. The predicted octanol–water partition coefficient (Wildman–Crippen LogP) is 5.98. The topological polar surface area (TPSA) is 111 Å². The minimum atomic E-state index is -0.674. The van der Waals surface area contributed by atoms with Gasteiger partial charge in [0.1, 0.15) is 11.4 Å². The molecule has 0 spiro atoms. The first-order valence-electron chi connectivity index (χ1n) is 14.6. The second-order valence-electron chi connectivity index (χ2n) is 11.6. The Kier molecular flexibility index (Phi) is 8.43. The molecular formula is C34H36N4O5. The number of benzene rings is 3. The quantitative estimate of drug-likeness (QED) is 0.193. The molecule has 1 aromatic heterocycles. The molecule has 0 fully saturated rings. The Hall–Kier alpha value is -4.79. The van der Waals surface area contributed by atoms with Crippen LogP contribution < -0.4 is 10.9 Å². The standard InChI is InChI=1S/C34H36N4O5/c1-5-26(36-33(42)43-34(2,3)4)29-35-27-20-13-15-22(28(27)32(41)38(29)23-16-7-6-8-17-23)14-11-12-21-37-30(39)24-18-9-10-19-25(24)31(37)40/h6-10,13,15-20,26H,5,11-12,14,21H2,1-4H3,(H,36,42)/t26-/m0/s1. The van der Waals surface area contributed by atoms with Crippen LogP contribution in [0.2, 0.25) is 0 Å². The summed E-state index contributed by atoms with van der Waals surface area (Å²) in [6.45, 7) is 7.61. The molecule has 1 N–H and O–H groups in total. The molecule has 1 atom stereocenters. The average Bonchev–Trinajstić information content (AvgIpc) is 3.22. The van der Waals surface area contributed by atoms with Gasteiger partial charge in [0.2, 0.25) is 0 Å². The van der Waals surface area contributed by atoms with Crippen LogP contribution in [-0.2, 0) is 11.2 Å². The predicted molar refractivity (Wildman–Crippen MR) is 164 cm³/mol. The first-order chi connectivity index (χ1) is 20.6. The number of amides is 3. The van der Waals surface area contributed by atoms with Crippen LogP contribution in [0.25, 0.3) is 16.6 Å². The molecule has 0 bridgehead atoms. The smallest absolute Gasteiger partial charge is 0.408 e. The summed E-state index contributed by atoms with van der Waals surface area (Å²) in [5.41, 5.74) is 1.99. The van der Waals surface area contributed by atoms with Gasteiger partial charge in [0, 0.05) is 6.54 Å². The third kappa shape index (κ3) is 6.21. The summed E-state index contributed by atoms with van der Waals surface area (Å²) in [6, 6.07) is 21.1. The van der Waals surface area contributed by atoms with Crippen molar-refractivity contribution in [3.05, 3.63) is 106 Å². The lowest BCUT2D eigenvalue weighted by molar-refractivity contribution is 0.0498. The highest BCUT2D eigenvalue weighted by molar-refractivity contribution is 6.21. The minimum Gasteiger partial charge on any atom is -0.444 e. The first-order valence-corrected chi connectivity index (χ1v) is 14.6. The molecule has 43 heavy (non-hydrogen) atoms. The van der Waals surface area contributed by atoms with E-state index in [1.165, 1.54) is 4.90 Å². The molecule has 0 radical (unpaired) electrons. The molecule has 5 rings (SSSR count). The van der Waals surface area contributed by atoms with Gasteiger partial charge in [-0.2, -0.15) is 0 Å². The van der Waals surface area contributed by atoms with Crippen molar-refractivity contribution in [2.45, 2.75) is 65.0 Å². The molecule has 0 saturated heterocycles. The van der Waals surface area contributed by atoms with Gasteiger partial charge in [-0.3, -0.25) is 23.9 Å². The monoisotopic (exact) mass is 580 g/mol. The van der Waals surface area contributed by atoms with Gasteiger partial charge >= 0.3 is 6.09 Å².